The van der Waals surface area contributed by atoms with Crippen molar-refractivity contribution in [2.75, 3.05) is 7.11 Å². The first-order chi connectivity index (χ1) is 7.45. The summed E-state index contributed by atoms with van der Waals surface area (Å²) < 4.78 is 42.4. The average Bonchev–Trinajstić information content (AvgIpc) is 2.22. The summed E-state index contributed by atoms with van der Waals surface area (Å²) >= 11 is 0. The number of pyridine rings is 1. The summed E-state index contributed by atoms with van der Waals surface area (Å²) in [6, 6.07) is 0.700. The maximum atomic E-state index is 13.0. The number of carbonyl (C=O) groups excluding carboxylic acids is 1. The van der Waals surface area contributed by atoms with Gasteiger partial charge in [0.05, 0.1) is 24.9 Å². The summed E-state index contributed by atoms with van der Waals surface area (Å²) in [5.74, 6) is -1.51. The smallest absolute Gasteiger partial charge is 0.311 e. The minimum Gasteiger partial charge on any atom is -0.469 e. The van der Waals surface area contributed by atoms with Crippen LogP contribution in [-0.2, 0) is 16.0 Å². The highest BCUT2D eigenvalue weighted by Gasteiger charge is 2.19. The van der Waals surface area contributed by atoms with Crippen molar-refractivity contribution in [3.8, 4) is 0 Å². The van der Waals surface area contributed by atoms with Crippen LogP contribution in [0.2, 0.25) is 0 Å². The fraction of sp³-hybridized carbons (Fsp3) is 0.400. The van der Waals surface area contributed by atoms with Crippen molar-refractivity contribution >= 4 is 5.97 Å². The monoisotopic (exact) mass is 233 g/mol. The maximum absolute atomic E-state index is 13.0. The number of carbonyl (C=O) groups is 1. The molecule has 1 aromatic heterocycles. The van der Waals surface area contributed by atoms with E-state index in [1.165, 1.54) is 6.92 Å². The van der Waals surface area contributed by atoms with Gasteiger partial charge in [-0.3, -0.25) is 9.78 Å². The zero-order valence-corrected chi connectivity index (χ0v) is 8.76. The Balaban J connectivity index is 3.14. The third-order valence-electron chi connectivity index (χ3n) is 2.04. The molecule has 0 aliphatic heterocycles. The molecule has 0 radical (unpaired) electrons. The van der Waals surface area contributed by atoms with Crippen LogP contribution in [0.25, 0.3) is 0 Å². The molecule has 3 nitrogen and oxygen atoms in total. The minimum atomic E-state index is -2.87. The van der Waals surface area contributed by atoms with E-state index in [0.29, 0.717) is 6.07 Å². The SMILES string of the molecule is COC(=O)Cc1nc(C)c(F)cc1C(F)F. The normalized spacial score (nSPS) is 10.6. The number of hydrogen-bond donors (Lipinski definition) is 0. The summed E-state index contributed by atoms with van der Waals surface area (Å²) in [6.45, 7) is 1.34. The van der Waals surface area contributed by atoms with Crippen molar-refractivity contribution in [2.45, 2.75) is 19.8 Å². The Morgan fingerprint density at radius 3 is 2.69 bits per heavy atom. The molecular formula is C10H10F3NO2. The summed E-state index contributed by atoms with van der Waals surface area (Å²) in [5.41, 5.74) is -0.752. The number of nitrogens with zero attached hydrogens (tertiary/aromatic N) is 1. The Morgan fingerprint density at radius 1 is 1.56 bits per heavy atom. The van der Waals surface area contributed by atoms with Gasteiger partial charge in [0.15, 0.2) is 0 Å². The number of aryl methyl sites for hydroxylation is 1. The van der Waals surface area contributed by atoms with Crippen molar-refractivity contribution in [3.05, 3.63) is 28.8 Å². The Morgan fingerprint density at radius 2 is 2.19 bits per heavy atom. The van der Waals surface area contributed by atoms with Crippen LogP contribution in [0.5, 0.6) is 0 Å². The van der Waals surface area contributed by atoms with E-state index in [1.807, 2.05) is 0 Å². The van der Waals surface area contributed by atoms with Crippen molar-refractivity contribution in [2.24, 2.45) is 0 Å². The summed E-state index contributed by atoms with van der Waals surface area (Å²) in [5, 5.41) is 0. The lowest BCUT2D eigenvalue weighted by Gasteiger charge is -2.08. The highest BCUT2D eigenvalue weighted by molar-refractivity contribution is 5.72. The van der Waals surface area contributed by atoms with Crippen LogP contribution in [0, 0.1) is 12.7 Å². The van der Waals surface area contributed by atoms with E-state index in [0.717, 1.165) is 7.11 Å². The predicted molar refractivity (Wildman–Crippen MR) is 49.6 cm³/mol. The molecule has 0 saturated heterocycles. The van der Waals surface area contributed by atoms with Gasteiger partial charge < -0.3 is 4.74 Å². The molecule has 1 heterocycles. The van der Waals surface area contributed by atoms with E-state index in [2.05, 4.69) is 9.72 Å². The van der Waals surface area contributed by atoms with Crippen LogP contribution >= 0.6 is 0 Å². The number of ether oxygens (including phenoxy) is 1. The second-order valence-corrected chi connectivity index (χ2v) is 3.15. The highest BCUT2D eigenvalue weighted by atomic mass is 19.3. The largest absolute Gasteiger partial charge is 0.469 e. The third kappa shape index (κ3) is 2.71. The van der Waals surface area contributed by atoms with Gasteiger partial charge in [0.2, 0.25) is 0 Å². The first kappa shape index (κ1) is 12.5. The van der Waals surface area contributed by atoms with Crippen LogP contribution < -0.4 is 0 Å². The van der Waals surface area contributed by atoms with Gasteiger partial charge in [0.1, 0.15) is 5.82 Å². The van der Waals surface area contributed by atoms with Crippen molar-refractivity contribution in [1.82, 2.24) is 4.98 Å². The molecule has 6 heteroatoms. The van der Waals surface area contributed by atoms with Crippen LogP contribution in [0.15, 0.2) is 6.07 Å². The van der Waals surface area contributed by atoms with Crippen LogP contribution in [-0.4, -0.2) is 18.1 Å². The zero-order chi connectivity index (χ0) is 12.3. The number of aromatic nitrogens is 1. The quantitative estimate of drug-likeness (QED) is 0.751. The molecule has 1 rings (SSSR count). The second kappa shape index (κ2) is 4.96. The Labute approximate surface area is 90.2 Å². The van der Waals surface area contributed by atoms with E-state index in [4.69, 9.17) is 0 Å². The molecule has 0 saturated carbocycles. The molecule has 0 N–H and O–H groups in total. The van der Waals surface area contributed by atoms with E-state index < -0.39 is 30.2 Å². The molecule has 88 valence electrons. The third-order valence-corrected chi connectivity index (χ3v) is 2.04. The van der Waals surface area contributed by atoms with Gasteiger partial charge >= 0.3 is 5.97 Å². The number of alkyl halides is 2. The number of hydrogen-bond acceptors (Lipinski definition) is 3. The van der Waals surface area contributed by atoms with Crippen molar-refractivity contribution < 1.29 is 22.7 Å². The van der Waals surface area contributed by atoms with Crippen LogP contribution in [0.4, 0.5) is 13.2 Å². The van der Waals surface area contributed by atoms with Gasteiger partial charge in [-0.25, -0.2) is 13.2 Å². The summed E-state index contributed by atoms with van der Waals surface area (Å²) in [7, 11) is 1.14. The lowest BCUT2D eigenvalue weighted by Crippen LogP contribution is -2.10. The number of halogens is 3. The van der Waals surface area contributed by atoms with E-state index in [9.17, 15) is 18.0 Å². The molecule has 0 unspecified atom stereocenters. The second-order valence-electron chi connectivity index (χ2n) is 3.15. The molecule has 0 amide bonds. The molecule has 1 aromatic rings. The Hall–Kier alpha value is -1.59. The highest BCUT2D eigenvalue weighted by Crippen LogP contribution is 2.24. The first-order valence-corrected chi connectivity index (χ1v) is 4.46. The molecule has 16 heavy (non-hydrogen) atoms. The summed E-state index contributed by atoms with van der Waals surface area (Å²) in [6.07, 6.45) is -3.26. The minimum absolute atomic E-state index is 0.0247. The molecule has 0 aliphatic carbocycles. The molecule has 0 aromatic carbocycles. The molecule has 0 aliphatic rings. The topological polar surface area (TPSA) is 39.2 Å². The van der Waals surface area contributed by atoms with Gasteiger partial charge in [-0.1, -0.05) is 0 Å². The predicted octanol–water partition coefficient (Wildman–Crippen LogP) is 2.18. The van der Waals surface area contributed by atoms with Gasteiger partial charge in [0.25, 0.3) is 6.43 Å². The van der Waals surface area contributed by atoms with Crippen molar-refractivity contribution in [3.63, 3.8) is 0 Å². The van der Waals surface area contributed by atoms with Gasteiger partial charge in [-0.2, -0.15) is 0 Å². The van der Waals surface area contributed by atoms with Gasteiger partial charge in [-0.15, -0.1) is 0 Å². The Kier molecular flexibility index (Phi) is 3.87. The van der Waals surface area contributed by atoms with E-state index in [1.54, 1.807) is 0 Å². The first-order valence-electron chi connectivity index (χ1n) is 4.46. The molecular weight excluding hydrogens is 223 g/mol. The fourth-order valence-electron chi connectivity index (χ4n) is 1.18. The molecule has 0 bridgehead atoms. The van der Waals surface area contributed by atoms with E-state index >= 15 is 0 Å². The lowest BCUT2D eigenvalue weighted by atomic mass is 10.1. The van der Waals surface area contributed by atoms with Crippen LogP contribution in [0.3, 0.4) is 0 Å². The Bertz CT molecular complexity index is 407. The number of methoxy groups -OCH3 is 1. The zero-order valence-electron chi connectivity index (χ0n) is 8.76. The number of esters is 1. The molecule has 0 atom stereocenters. The standard InChI is InChI=1S/C10H10F3NO2/c1-5-7(11)3-6(10(12)13)8(14-5)4-9(15)16-2/h3,10H,4H2,1-2H3. The lowest BCUT2D eigenvalue weighted by molar-refractivity contribution is -0.139. The fourth-order valence-corrected chi connectivity index (χ4v) is 1.18. The maximum Gasteiger partial charge on any atom is 0.311 e. The van der Waals surface area contributed by atoms with Gasteiger partial charge in [0, 0.05) is 5.56 Å². The van der Waals surface area contributed by atoms with Crippen molar-refractivity contribution in [1.29, 1.82) is 0 Å². The average molecular weight is 233 g/mol. The molecule has 0 spiro atoms. The van der Waals surface area contributed by atoms with E-state index in [-0.39, 0.29) is 11.4 Å². The van der Waals surface area contributed by atoms with Gasteiger partial charge in [-0.05, 0) is 13.0 Å². The number of rotatable bonds is 3. The molecule has 0 fully saturated rings. The summed E-state index contributed by atoms with van der Waals surface area (Å²) in [4.78, 5) is 14.6. The van der Waals surface area contributed by atoms with Crippen LogP contribution in [0.1, 0.15) is 23.4 Å².